The number of halogens is 1. The number of anilines is 1. The number of hydrogen-bond acceptors (Lipinski definition) is 4. The first kappa shape index (κ1) is 16.9. The number of hydrogen-bond donors (Lipinski definition) is 1. The minimum atomic E-state index is -0.163. The van der Waals surface area contributed by atoms with Crippen LogP contribution in [0.5, 0.6) is 0 Å². The van der Waals surface area contributed by atoms with Crippen molar-refractivity contribution in [2.45, 2.75) is 6.54 Å². The Morgan fingerprint density at radius 1 is 1.20 bits per heavy atom. The van der Waals surface area contributed by atoms with Crippen molar-refractivity contribution < 1.29 is 9.13 Å². The molecule has 5 heteroatoms. The van der Waals surface area contributed by atoms with Crippen LogP contribution >= 0.6 is 0 Å². The fourth-order valence-corrected chi connectivity index (χ4v) is 1.94. The van der Waals surface area contributed by atoms with E-state index in [1.807, 2.05) is 27.2 Å². The normalized spacial score (nSPS) is 11.1. The molecule has 0 aliphatic carbocycles. The number of likely N-dealkylation sites (N-methyl/N-ethyl adjacent to an activating group) is 2. The number of ether oxygens (including phenoxy) is 1. The van der Waals surface area contributed by atoms with Gasteiger partial charge >= 0.3 is 0 Å². The summed E-state index contributed by atoms with van der Waals surface area (Å²) in [5, 5.41) is 3.20. The second-order valence-corrected chi connectivity index (χ2v) is 5.13. The van der Waals surface area contributed by atoms with Gasteiger partial charge in [-0.05, 0) is 26.2 Å². The van der Waals surface area contributed by atoms with Gasteiger partial charge in [0.25, 0.3) is 0 Å². The lowest BCUT2D eigenvalue weighted by atomic mass is 10.1. The molecule has 1 rings (SSSR count). The van der Waals surface area contributed by atoms with Crippen molar-refractivity contribution in [2.75, 3.05) is 59.4 Å². The number of rotatable bonds is 9. The Hall–Kier alpha value is -1.17. The van der Waals surface area contributed by atoms with Crippen LogP contribution in [0.3, 0.4) is 0 Å². The van der Waals surface area contributed by atoms with Crippen LogP contribution in [0.15, 0.2) is 18.2 Å². The van der Waals surface area contributed by atoms with Crippen LogP contribution in [-0.4, -0.2) is 59.4 Å². The van der Waals surface area contributed by atoms with E-state index in [0.717, 1.165) is 18.8 Å². The van der Waals surface area contributed by atoms with Crippen molar-refractivity contribution >= 4 is 5.69 Å². The number of nitrogens with zero attached hydrogens (tertiary/aromatic N) is 2. The Balaban J connectivity index is 2.71. The average Bonchev–Trinajstić information content (AvgIpc) is 2.42. The van der Waals surface area contributed by atoms with Gasteiger partial charge in [0.15, 0.2) is 0 Å². The average molecular weight is 283 g/mol. The lowest BCUT2D eigenvalue weighted by Crippen LogP contribution is -2.30. The highest BCUT2D eigenvalue weighted by atomic mass is 19.1. The molecule has 0 bridgehead atoms. The van der Waals surface area contributed by atoms with Gasteiger partial charge in [0.1, 0.15) is 5.82 Å². The van der Waals surface area contributed by atoms with E-state index in [1.54, 1.807) is 13.2 Å². The molecule has 0 heterocycles. The predicted octanol–water partition coefficient (Wildman–Crippen LogP) is 1.56. The molecule has 0 amide bonds. The van der Waals surface area contributed by atoms with Gasteiger partial charge in [-0.1, -0.05) is 6.07 Å². The van der Waals surface area contributed by atoms with Crippen LogP contribution in [0.1, 0.15) is 5.56 Å². The number of benzene rings is 1. The third kappa shape index (κ3) is 5.45. The summed E-state index contributed by atoms with van der Waals surface area (Å²) in [7, 11) is 7.72. The highest BCUT2D eigenvalue weighted by Crippen LogP contribution is 2.22. The van der Waals surface area contributed by atoms with Crippen LogP contribution < -0.4 is 10.2 Å². The zero-order chi connectivity index (χ0) is 15.0. The van der Waals surface area contributed by atoms with Gasteiger partial charge in [-0.3, -0.25) is 0 Å². The van der Waals surface area contributed by atoms with E-state index in [1.165, 1.54) is 6.07 Å². The topological polar surface area (TPSA) is 27.7 Å². The summed E-state index contributed by atoms with van der Waals surface area (Å²) in [5.74, 6) is -0.163. The van der Waals surface area contributed by atoms with E-state index in [4.69, 9.17) is 4.74 Å². The summed E-state index contributed by atoms with van der Waals surface area (Å²) in [5.41, 5.74) is 1.65. The number of methoxy groups -OCH3 is 1. The monoisotopic (exact) mass is 283 g/mol. The summed E-state index contributed by atoms with van der Waals surface area (Å²) in [6, 6.07) is 5.23. The molecule has 0 saturated carbocycles. The van der Waals surface area contributed by atoms with Crippen LogP contribution in [0.25, 0.3) is 0 Å². The van der Waals surface area contributed by atoms with Gasteiger partial charge in [0.2, 0.25) is 0 Å². The first-order valence-electron chi connectivity index (χ1n) is 6.89. The number of nitrogens with one attached hydrogen (secondary N) is 1. The molecule has 0 aromatic heterocycles. The van der Waals surface area contributed by atoms with Gasteiger partial charge < -0.3 is 19.9 Å². The molecule has 0 spiro atoms. The zero-order valence-electron chi connectivity index (χ0n) is 12.9. The maximum absolute atomic E-state index is 14.0. The van der Waals surface area contributed by atoms with Crippen LogP contribution in [0.4, 0.5) is 10.1 Å². The second kappa shape index (κ2) is 8.89. The molecule has 0 aliphatic rings. The van der Waals surface area contributed by atoms with Gasteiger partial charge in [0, 0.05) is 51.6 Å². The van der Waals surface area contributed by atoms with E-state index in [2.05, 4.69) is 15.1 Å². The maximum atomic E-state index is 14.0. The summed E-state index contributed by atoms with van der Waals surface area (Å²) < 4.78 is 19.0. The predicted molar refractivity (Wildman–Crippen MR) is 81.8 cm³/mol. The van der Waals surface area contributed by atoms with Gasteiger partial charge in [-0.25, -0.2) is 4.39 Å². The Morgan fingerprint density at radius 3 is 2.60 bits per heavy atom. The van der Waals surface area contributed by atoms with Crippen molar-refractivity contribution in [3.63, 3.8) is 0 Å². The third-order valence-corrected chi connectivity index (χ3v) is 3.17. The Labute approximate surface area is 121 Å². The van der Waals surface area contributed by atoms with Crippen LogP contribution in [0, 0.1) is 5.82 Å². The smallest absolute Gasteiger partial charge is 0.129 e. The fraction of sp³-hybridized carbons (Fsp3) is 0.600. The molecule has 114 valence electrons. The molecule has 1 aromatic carbocycles. The van der Waals surface area contributed by atoms with E-state index in [9.17, 15) is 4.39 Å². The SMILES string of the molecule is COCCNCc1c(F)cccc1N(C)CCN(C)C. The van der Waals surface area contributed by atoms with Crippen molar-refractivity contribution in [1.82, 2.24) is 10.2 Å². The highest BCUT2D eigenvalue weighted by molar-refractivity contribution is 5.53. The summed E-state index contributed by atoms with van der Waals surface area (Å²) >= 11 is 0. The summed E-state index contributed by atoms with van der Waals surface area (Å²) in [4.78, 5) is 4.21. The Kier molecular flexibility index (Phi) is 7.51. The Morgan fingerprint density at radius 2 is 1.95 bits per heavy atom. The lowest BCUT2D eigenvalue weighted by Gasteiger charge is -2.24. The zero-order valence-corrected chi connectivity index (χ0v) is 12.9. The molecule has 4 nitrogen and oxygen atoms in total. The minimum Gasteiger partial charge on any atom is -0.383 e. The second-order valence-electron chi connectivity index (χ2n) is 5.13. The van der Waals surface area contributed by atoms with Gasteiger partial charge in [-0.15, -0.1) is 0 Å². The first-order chi connectivity index (χ1) is 9.56. The van der Waals surface area contributed by atoms with Crippen molar-refractivity contribution in [3.05, 3.63) is 29.6 Å². The van der Waals surface area contributed by atoms with Crippen LogP contribution in [0.2, 0.25) is 0 Å². The molecule has 0 saturated heterocycles. The van der Waals surface area contributed by atoms with E-state index < -0.39 is 0 Å². The molecular formula is C15H26FN3O. The molecule has 20 heavy (non-hydrogen) atoms. The molecule has 0 atom stereocenters. The quantitative estimate of drug-likeness (QED) is 0.696. The lowest BCUT2D eigenvalue weighted by molar-refractivity contribution is 0.199. The summed E-state index contributed by atoms with van der Waals surface area (Å²) in [6.07, 6.45) is 0. The first-order valence-corrected chi connectivity index (χ1v) is 6.89. The molecule has 1 N–H and O–H groups in total. The fourth-order valence-electron chi connectivity index (χ4n) is 1.94. The van der Waals surface area contributed by atoms with E-state index in [-0.39, 0.29) is 5.82 Å². The Bertz CT molecular complexity index is 399. The van der Waals surface area contributed by atoms with E-state index in [0.29, 0.717) is 25.3 Å². The van der Waals surface area contributed by atoms with Crippen molar-refractivity contribution in [1.29, 1.82) is 0 Å². The van der Waals surface area contributed by atoms with Gasteiger partial charge in [-0.2, -0.15) is 0 Å². The minimum absolute atomic E-state index is 0.163. The molecule has 1 aromatic rings. The molecular weight excluding hydrogens is 257 g/mol. The highest BCUT2D eigenvalue weighted by Gasteiger charge is 2.11. The largest absolute Gasteiger partial charge is 0.383 e. The molecule has 0 fully saturated rings. The maximum Gasteiger partial charge on any atom is 0.129 e. The molecule has 0 radical (unpaired) electrons. The molecule has 0 aliphatic heterocycles. The van der Waals surface area contributed by atoms with Crippen molar-refractivity contribution in [3.8, 4) is 0 Å². The van der Waals surface area contributed by atoms with Gasteiger partial charge in [0.05, 0.1) is 6.61 Å². The summed E-state index contributed by atoms with van der Waals surface area (Å²) in [6.45, 7) is 3.65. The van der Waals surface area contributed by atoms with E-state index >= 15 is 0 Å². The van der Waals surface area contributed by atoms with Crippen molar-refractivity contribution in [2.24, 2.45) is 0 Å². The third-order valence-electron chi connectivity index (χ3n) is 3.17. The van der Waals surface area contributed by atoms with Crippen LogP contribution in [-0.2, 0) is 11.3 Å². The standard InChI is InChI=1S/C15H26FN3O/c1-18(2)9-10-19(3)15-7-5-6-14(16)13(15)12-17-8-11-20-4/h5-7,17H,8-12H2,1-4H3. The molecule has 0 unspecified atom stereocenters.